The third-order valence-corrected chi connectivity index (χ3v) is 8.54. The molecule has 2 amide bonds. The highest BCUT2D eigenvalue weighted by atomic mass is 32.2. The van der Waals surface area contributed by atoms with E-state index in [-0.39, 0.29) is 29.3 Å². The molecule has 2 saturated heterocycles. The summed E-state index contributed by atoms with van der Waals surface area (Å²) in [5, 5.41) is 2.90. The molecule has 3 aliphatic heterocycles. The molecule has 8 nitrogen and oxygen atoms in total. The van der Waals surface area contributed by atoms with E-state index in [2.05, 4.69) is 24.1 Å². The first-order valence-corrected chi connectivity index (χ1v) is 13.2. The van der Waals surface area contributed by atoms with Crippen LogP contribution in [0.25, 0.3) is 0 Å². The van der Waals surface area contributed by atoms with Gasteiger partial charge in [0, 0.05) is 26.2 Å². The molecule has 0 unspecified atom stereocenters. The van der Waals surface area contributed by atoms with Gasteiger partial charge in [-0.05, 0) is 62.6 Å². The number of sulfonamides is 1. The van der Waals surface area contributed by atoms with Gasteiger partial charge in [0.25, 0.3) is 0 Å². The number of hydrogen-bond donors (Lipinski definition) is 1. The monoisotopic (exact) mass is 462 g/mol. The molecule has 0 bridgehead atoms. The van der Waals surface area contributed by atoms with Crippen LogP contribution in [0.2, 0.25) is 0 Å². The molecule has 9 heteroatoms. The van der Waals surface area contributed by atoms with Gasteiger partial charge in [-0.2, -0.15) is 4.31 Å². The summed E-state index contributed by atoms with van der Waals surface area (Å²) in [4.78, 5) is 29.8. The van der Waals surface area contributed by atoms with E-state index < -0.39 is 10.0 Å². The number of benzene rings is 1. The minimum Gasteiger partial charge on any atom is -0.358 e. The van der Waals surface area contributed by atoms with Crippen molar-refractivity contribution in [2.24, 2.45) is 5.92 Å². The van der Waals surface area contributed by atoms with E-state index >= 15 is 0 Å². The Morgan fingerprint density at radius 3 is 2.53 bits per heavy atom. The lowest BCUT2D eigenvalue weighted by Gasteiger charge is -2.45. The number of amides is 2. The van der Waals surface area contributed by atoms with Gasteiger partial charge in [0.2, 0.25) is 21.8 Å². The summed E-state index contributed by atoms with van der Waals surface area (Å²) >= 11 is 0. The van der Waals surface area contributed by atoms with E-state index in [1.807, 2.05) is 6.07 Å². The van der Waals surface area contributed by atoms with Crippen molar-refractivity contribution in [3.05, 3.63) is 18.2 Å². The van der Waals surface area contributed by atoms with Crippen molar-refractivity contribution in [2.75, 3.05) is 42.5 Å². The Labute approximate surface area is 191 Å². The fraction of sp³-hybridized carbons (Fsp3) is 0.652. The van der Waals surface area contributed by atoms with Gasteiger partial charge in [-0.1, -0.05) is 13.8 Å². The summed E-state index contributed by atoms with van der Waals surface area (Å²) in [5.41, 5.74) is 1.36. The Balaban J connectivity index is 1.66. The zero-order valence-corrected chi connectivity index (χ0v) is 19.9. The van der Waals surface area contributed by atoms with E-state index in [0.717, 1.165) is 50.8 Å². The number of nitrogens with one attached hydrogen (secondary N) is 1. The van der Waals surface area contributed by atoms with E-state index in [9.17, 15) is 18.0 Å². The number of hydrogen-bond acceptors (Lipinski definition) is 5. The lowest BCUT2D eigenvalue weighted by atomic mass is 9.96. The second kappa shape index (κ2) is 9.39. The second-order valence-electron chi connectivity index (χ2n) is 9.42. The normalized spacial score (nSPS) is 21.6. The molecule has 4 rings (SSSR count). The van der Waals surface area contributed by atoms with Crippen LogP contribution in [-0.2, 0) is 19.6 Å². The molecule has 3 aliphatic rings. The Bertz CT molecular complexity index is 972. The van der Waals surface area contributed by atoms with Crippen LogP contribution >= 0.6 is 0 Å². The number of carbonyl (C=O) groups excluding carboxylic acids is 2. The highest BCUT2D eigenvalue weighted by molar-refractivity contribution is 7.89. The summed E-state index contributed by atoms with van der Waals surface area (Å²) in [7, 11) is -3.62. The van der Waals surface area contributed by atoms with Gasteiger partial charge in [-0.25, -0.2) is 8.42 Å². The number of rotatable bonds is 7. The number of anilines is 2. The average Bonchev–Trinajstić information content (AvgIpc) is 3.32. The predicted octanol–water partition coefficient (Wildman–Crippen LogP) is 2.34. The van der Waals surface area contributed by atoms with Gasteiger partial charge in [-0.15, -0.1) is 0 Å². The first-order valence-electron chi connectivity index (χ1n) is 11.8. The van der Waals surface area contributed by atoms with Crippen LogP contribution in [0, 0.1) is 5.92 Å². The molecule has 0 aromatic heterocycles. The van der Waals surface area contributed by atoms with Gasteiger partial charge in [0.15, 0.2) is 0 Å². The van der Waals surface area contributed by atoms with Gasteiger partial charge < -0.3 is 10.2 Å². The second-order valence-corrected chi connectivity index (χ2v) is 11.4. The predicted molar refractivity (Wildman–Crippen MR) is 124 cm³/mol. The molecule has 0 saturated carbocycles. The Morgan fingerprint density at radius 2 is 1.81 bits per heavy atom. The van der Waals surface area contributed by atoms with Crippen molar-refractivity contribution in [2.45, 2.75) is 63.3 Å². The first kappa shape index (κ1) is 23.0. The summed E-state index contributed by atoms with van der Waals surface area (Å²) in [6.07, 6.45) is 5.30. The van der Waals surface area contributed by atoms with E-state index in [1.54, 1.807) is 12.1 Å². The van der Waals surface area contributed by atoms with Crippen LogP contribution in [0.5, 0.6) is 0 Å². The van der Waals surface area contributed by atoms with Crippen molar-refractivity contribution in [1.82, 2.24) is 9.62 Å². The molecule has 32 heavy (non-hydrogen) atoms. The topological polar surface area (TPSA) is 90.0 Å². The minimum absolute atomic E-state index is 0.0958. The molecule has 1 atom stereocenters. The maximum atomic E-state index is 13.4. The lowest BCUT2D eigenvalue weighted by molar-refractivity contribution is -0.125. The number of fused-ring (bicyclic) bond motifs is 3. The summed E-state index contributed by atoms with van der Waals surface area (Å²) in [6, 6.07) is 4.76. The quantitative estimate of drug-likeness (QED) is 0.672. The highest BCUT2D eigenvalue weighted by Gasteiger charge is 2.41. The van der Waals surface area contributed by atoms with Crippen molar-refractivity contribution < 1.29 is 18.0 Å². The average molecular weight is 463 g/mol. The van der Waals surface area contributed by atoms with Gasteiger partial charge in [-0.3, -0.25) is 14.5 Å². The smallest absolute Gasteiger partial charge is 0.250 e. The van der Waals surface area contributed by atoms with Crippen LogP contribution in [0.3, 0.4) is 0 Å². The van der Waals surface area contributed by atoms with Crippen LogP contribution in [0.15, 0.2) is 23.1 Å². The van der Waals surface area contributed by atoms with Gasteiger partial charge >= 0.3 is 0 Å². The van der Waals surface area contributed by atoms with E-state index in [4.69, 9.17) is 0 Å². The largest absolute Gasteiger partial charge is 0.358 e. The molecule has 1 N–H and O–H groups in total. The molecule has 1 aromatic rings. The van der Waals surface area contributed by atoms with Crippen molar-refractivity contribution >= 4 is 33.2 Å². The number of carbonyl (C=O) groups is 2. The zero-order chi connectivity index (χ0) is 22.9. The molecule has 0 radical (unpaired) electrons. The van der Waals surface area contributed by atoms with E-state index in [1.165, 1.54) is 9.21 Å². The van der Waals surface area contributed by atoms with Crippen molar-refractivity contribution in [1.29, 1.82) is 0 Å². The summed E-state index contributed by atoms with van der Waals surface area (Å²) in [5.74, 6) is 0.135. The lowest BCUT2D eigenvalue weighted by Crippen LogP contribution is -2.57. The molecule has 3 heterocycles. The fourth-order valence-electron chi connectivity index (χ4n) is 4.84. The SMILES string of the molecule is CC(C)CCNC(=O)CN1C(=O)[C@@H]2CCCCN2c2ccc(S(=O)(=O)N3CCCC3)cc21. The Hall–Kier alpha value is -2.13. The summed E-state index contributed by atoms with van der Waals surface area (Å²) < 4.78 is 27.8. The molecule has 1 aromatic carbocycles. The molecule has 0 spiro atoms. The van der Waals surface area contributed by atoms with E-state index in [0.29, 0.717) is 31.2 Å². The van der Waals surface area contributed by atoms with Crippen LogP contribution < -0.4 is 15.1 Å². The maximum Gasteiger partial charge on any atom is 0.250 e. The van der Waals surface area contributed by atoms with Crippen LogP contribution in [0.4, 0.5) is 11.4 Å². The zero-order valence-electron chi connectivity index (χ0n) is 19.0. The van der Waals surface area contributed by atoms with Crippen molar-refractivity contribution in [3.63, 3.8) is 0 Å². The first-order chi connectivity index (χ1) is 15.3. The van der Waals surface area contributed by atoms with Crippen LogP contribution in [-0.4, -0.2) is 63.3 Å². The van der Waals surface area contributed by atoms with Crippen LogP contribution in [0.1, 0.15) is 52.4 Å². The third kappa shape index (κ3) is 4.50. The Morgan fingerprint density at radius 1 is 1.09 bits per heavy atom. The Kier molecular flexibility index (Phi) is 6.76. The maximum absolute atomic E-state index is 13.4. The molecular formula is C23H34N4O4S. The van der Waals surface area contributed by atoms with Crippen molar-refractivity contribution in [3.8, 4) is 0 Å². The number of nitrogens with zero attached hydrogens (tertiary/aromatic N) is 3. The molecule has 176 valence electrons. The number of piperidine rings is 1. The third-order valence-electron chi connectivity index (χ3n) is 6.65. The fourth-order valence-corrected chi connectivity index (χ4v) is 6.38. The molecular weight excluding hydrogens is 428 g/mol. The standard InChI is InChI=1S/C23H34N4O4S/c1-17(2)10-11-24-22(28)16-27-21-15-18(32(30,31)25-12-5-6-13-25)8-9-19(21)26-14-4-3-7-20(26)23(27)29/h8-9,15,17,20H,3-7,10-14,16H2,1-2H3,(H,24,28)/t20-/m0/s1. The highest BCUT2D eigenvalue weighted by Crippen LogP contribution is 2.41. The van der Waals surface area contributed by atoms with Gasteiger partial charge in [0.05, 0.1) is 16.3 Å². The molecule has 2 fully saturated rings. The van der Waals surface area contributed by atoms with Gasteiger partial charge in [0.1, 0.15) is 12.6 Å². The summed E-state index contributed by atoms with van der Waals surface area (Å²) in [6.45, 7) is 6.46. The molecule has 0 aliphatic carbocycles. The minimum atomic E-state index is -3.62.